The number of ketones is 1. The van der Waals surface area contributed by atoms with Gasteiger partial charge in [0, 0.05) is 5.56 Å². The first-order chi connectivity index (χ1) is 11.3. The molecule has 2 aromatic rings. The van der Waals surface area contributed by atoms with Gasteiger partial charge in [-0.1, -0.05) is 6.07 Å². The van der Waals surface area contributed by atoms with Crippen molar-refractivity contribution < 1.29 is 19.1 Å². The molecule has 0 bridgehead atoms. The second-order valence-corrected chi connectivity index (χ2v) is 5.85. The monoisotopic (exact) mass is 326 g/mol. The average Bonchev–Trinajstić information content (AvgIpc) is 2.53. The number of aryl methyl sites for hydroxylation is 2. The lowest BCUT2D eigenvalue weighted by atomic mass is 9.92. The predicted octanol–water partition coefficient (Wildman–Crippen LogP) is 4.18. The molecule has 0 N–H and O–H groups in total. The van der Waals surface area contributed by atoms with Crippen LogP contribution in [0.4, 0.5) is 0 Å². The van der Waals surface area contributed by atoms with Gasteiger partial charge in [0.2, 0.25) is 0 Å². The molecule has 2 aromatic carbocycles. The third kappa shape index (κ3) is 3.65. The highest BCUT2D eigenvalue weighted by molar-refractivity contribution is 5.97. The van der Waals surface area contributed by atoms with Gasteiger partial charge in [0.05, 0.1) is 12.7 Å². The van der Waals surface area contributed by atoms with E-state index in [0.29, 0.717) is 17.9 Å². The molecule has 24 heavy (non-hydrogen) atoms. The summed E-state index contributed by atoms with van der Waals surface area (Å²) >= 11 is 0. The molecule has 0 aliphatic heterocycles. The SMILES string of the molecule is COC(=O)c1ccc(OCc2c(C)cc(C)c(C(C)=O)c2C)cc1. The normalized spacial score (nSPS) is 10.4. The Hall–Kier alpha value is -2.62. The molecule has 0 fully saturated rings. The highest BCUT2D eigenvalue weighted by atomic mass is 16.5. The Bertz CT molecular complexity index is 773. The molecule has 0 atom stereocenters. The fourth-order valence-electron chi connectivity index (χ4n) is 2.95. The molecule has 4 heteroatoms. The number of methoxy groups -OCH3 is 1. The molecular formula is C20H22O4. The van der Waals surface area contributed by atoms with Crippen molar-refractivity contribution in [1.29, 1.82) is 0 Å². The van der Waals surface area contributed by atoms with Crippen LogP contribution in [0.25, 0.3) is 0 Å². The summed E-state index contributed by atoms with van der Waals surface area (Å²) in [6, 6.07) is 8.81. The highest BCUT2D eigenvalue weighted by Crippen LogP contribution is 2.24. The standard InChI is InChI=1S/C20H22O4/c1-12-10-13(2)19(15(4)21)14(3)18(12)11-24-17-8-6-16(7-9-17)20(22)23-5/h6-10H,11H2,1-5H3. The van der Waals surface area contributed by atoms with E-state index in [1.807, 2.05) is 26.8 Å². The largest absolute Gasteiger partial charge is 0.489 e. The molecule has 4 nitrogen and oxygen atoms in total. The average molecular weight is 326 g/mol. The maximum Gasteiger partial charge on any atom is 0.337 e. The van der Waals surface area contributed by atoms with E-state index in [1.54, 1.807) is 31.2 Å². The lowest BCUT2D eigenvalue weighted by Crippen LogP contribution is -2.08. The number of carbonyl (C=O) groups is 2. The molecule has 0 unspecified atom stereocenters. The van der Waals surface area contributed by atoms with Crippen molar-refractivity contribution in [3.8, 4) is 5.75 Å². The topological polar surface area (TPSA) is 52.6 Å². The van der Waals surface area contributed by atoms with E-state index in [9.17, 15) is 9.59 Å². The van der Waals surface area contributed by atoms with E-state index in [2.05, 4.69) is 4.74 Å². The van der Waals surface area contributed by atoms with Crippen LogP contribution < -0.4 is 4.74 Å². The Kier molecular flexibility index (Phi) is 5.39. The Morgan fingerprint density at radius 1 is 1.00 bits per heavy atom. The van der Waals surface area contributed by atoms with E-state index >= 15 is 0 Å². The smallest absolute Gasteiger partial charge is 0.337 e. The molecule has 0 saturated heterocycles. The van der Waals surface area contributed by atoms with Crippen LogP contribution in [-0.2, 0) is 11.3 Å². The van der Waals surface area contributed by atoms with Crippen molar-refractivity contribution >= 4 is 11.8 Å². The van der Waals surface area contributed by atoms with Gasteiger partial charge in [-0.05, 0) is 74.2 Å². The van der Waals surface area contributed by atoms with Crippen LogP contribution in [0.3, 0.4) is 0 Å². The number of ether oxygens (including phenoxy) is 2. The van der Waals surface area contributed by atoms with Crippen molar-refractivity contribution in [2.45, 2.75) is 34.3 Å². The Labute approximate surface area is 142 Å². The second kappa shape index (κ2) is 7.30. The number of esters is 1. The highest BCUT2D eigenvalue weighted by Gasteiger charge is 2.14. The zero-order chi connectivity index (χ0) is 17.9. The first kappa shape index (κ1) is 17.7. The van der Waals surface area contributed by atoms with E-state index in [1.165, 1.54) is 7.11 Å². The van der Waals surface area contributed by atoms with Gasteiger partial charge in [0.1, 0.15) is 12.4 Å². The number of hydrogen-bond acceptors (Lipinski definition) is 4. The first-order valence-electron chi connectivity index (χ1n) is 7.77. The Morgan fingerprint density at radius 2 is 1.62 bits per heavy atom. The second-order valence-electron chi connectivity index (χ2n) is 5.85. The molecule has 0 aliphatic rings. The molecule has 0 spiro atoms. The van der Waals surface area contributed by atoms with Crippen LogP contribution in [-0.4, -0.2) is 18.9 Å². The van der Waals surface area contributed by atoms with Crippen molar-refractivity contribution in [1.82, 2.24) is 0 Å². The minimum absolute atomic E-state index is 0.0636. The van der Waals surface area contributed by atoms with E-state index in [-0.39, 0.29) is 11.8 Å². The first-order valence-corrected chi connectivity index (χ1v) is 7.77. The van der Waals surface area contributed by atoms with Gasteiger partial charge in [-0.15, -0.1) is 0 Å². The molecule has 2 rings (SSSR count). The quantitative estimate of drug-likeness (QED) is 0.611. The number of Topliss-reactive ketones (excluding diaryl/α,β-unsaturated/α-hetero) is 1. The zero-order valence-corrected chi connectivity index (χ0v) is 14.7. The lowest BCUT2D eigenvalue weighted by Gasteiger charge is -2.16. The zero-order valence-electron chi connectivity index (χ0n) is 14.7. The number of hydrogen-bond donors (Lipinski definition) is 0. The van der Waals surface area contributed by atoms with Crippen LogP contribution >= 0.6 is 0 Å². The van der Waals surface area contributed by atoms with Gasteiger partial charge in [-0.25, -0.2) is 4.79 Å². The van der Waals surface area contributed by atoms with Crippen LogP contribution in [0.2, 0.25) is 0 Å². The molecule has 0 amide bonds. The van der Waals surface area contributed by atoms with Gasteiger partial charge in [0.25, 0.3) is 0 Å². The minimum Gasteiger partial charge on any atom is -0.489 e. The van der Waals surface area contributed by atoms with Crippen molar-refractivity contribution in [3.63, 3.8) is 0 Å². The molecule has 0 heterocycles. The fourth-order valence-corrected chi connectivity index (χ4v) is 2.95. The molecule has 0 aromatic heterocycles. The summed E-state index contributed by atoms with van der Waals surface area (Å²) in [7, 11) is 1.35. The fraction of sp³-hybridized carbons (Fsp3) is 0.300. The Balaban J connectivity index is 2.22. The van der Waals surface area contributed by atoms with Gasteiger partial charge >= 0.3 is 5.97 Å². The summed E-state index contributed by atoms with van der Waals surface area (Å²) in [6.07, 6.45) is 0. The third-order valence-electron chi connectivity index (χ3n) is 4.14. The van der Waals surface area contributed by atoms with Crippen LogP contribution in [0, 0.1) is 20.8 Å². The van der Waals surface area contributed by atoms with Crippen LogP contribution in [0.15, 0.2) is 30.3 Å². The molecular weight excluding hydrogens is 304 g/mol. The molecule has 126 valence electrons. The maximum absolute atomic E-state index is 11.9. The minimum atomic E-state index is -0.377. The third-order valence-corrected chi connectivity index (χ3v) is 4.14. The Morgan fingerprint density at radius 3 is 2.17 bits per heavy atom. The summed E-state index contributed by atoms with van der Waals surface area (Å²) in [5.41, 5.74) is 5.31. The van der Waals surface area contributed by atoms with Gasteiger partial charge in [-0.2, -0.15) is 0 Å². The summed E-state index contributed by atoms with van der Waals surface area (Å²) in [5, 5.41) is 0. The summed E-state index contributed by atoms with van der Waals surface area (Å²) in [4.78, 5) is 23.3. The molecule has 0 saturated carbocycles. The maximum atomic E-state index is 11.9. The van der Waals surface area contributed by atoms with Crippen molar-refractivity contribution in [3.05, 3.63) is 63.7 Å². The molecule has 0 aliphatic carbocycles. The number of carbonyl (C=O) groups excluding carboxylic acids is 2. The van der Waals surface area contributed by atoms with Crippen molar-refractivity contribution in [2.24, 2.45) is 0 Å². The summed E-state index contributed by atoms with van der Waals surface area (Å²) in [5.74, 6) is 0.345. The van der Waals surface area contributed by atoms with Gasteiger partial charge in [0.15, 0.2) is 5.78 Å². The van der Waals surface area contributed by atoms with E-state index < -0.39 is 0 Å². The van der Waals surface area contributed by atoms with Crippen molar-refractivity contribution in [2.75, 3.05) is 7.11 Å². The molecule has 0 radical (unpaired) electrons. The van der Waals surface area contributed by atoms with Gasteiger partial charge in [-0.3, -0.25) is 4.79 Å². The number of benzene rings is 2. The summed E-state index contributed by atoms with van der Waals surface area (Å²) < 4.78 is 10.5. The number of rotatable bonds is 5. The van der Waals surface area contributed by atoms with Crippen LogP contribution in [0.5, 0.6) is 5.75 Å². The summed E-state index contributed by atoms with van der Waals surface area (Å²) in [6.45, 7) is 7.88. The van der Waals surface area contributed by atoms with Gasteiger partial charge < -0.3 is 9.47 Å². The van der Waals surface area contributed by atoms with E-state index in [0.717, 1.165) is 27.8 Å². The lowest BCUT2D eigenvalue weighted by molar-refractivity contribution is 0.0600. The predicted molar refractivity (Wildman–Crippen MR) is 92.8 cm³/mol. The van der Waals surface area contributed by atoms with Crippen LogP contribution in [0.1, 0.15) is 49.9 Å². The van der Waals surface area contributed by atoms with E-state index in [4.69, 9.17) is 4.74 Å².